The fraction of sp³-hybridized carbons (Fsp3) is 0.304. The van der Waals surface area contributed by atoms with Gasteiger partial charge in [-0.1, -0.05) is 43.8 Å². The minimum absolute atomic E-state index is 0.0447. The van der Waals surface area contributed by atoms with Gasteiger partial charge in [0.1, 0.15) is 11.4 Å². The van der Waals surface area contributed by atoms with Gasteiger partial charge in [-0.2, -0.15) is 5.26 Å². The number of benzene rings is 2. The molecule has 1 N–H and O–H groups in total. The number of thioether (sulfide) groups is 1. The molecule has 2 aromatic carbocycles. The fourth-order valence-electron chi connectivity index (χ4n) is 2.81. The predicted octanol–water partition coefficient (Wildman–Crippen LogP) is 4.61. The van der Waals surface area contributed by atoms with Crippen molar-refractivity contribution < 1.29 is 9.18 Å². The second-order valence-electron chi connectivity index (χ2n) is 7.70. The Labute approximate surface area is 185 Å². The van der Waals surface area contributed by atoms with Crippen molar-refractivity contribution in [2.75, 3.05) is 0 Å². The van der Waals surface area contributed by atoms with Crippen LogP contribution >= 0.6 is 11.8 Å². The zero-order chi connectivity index (χ0) is 22.6. The zero-order valence-electron chi connectivity index (χ0n) is 17.8. The van der Waals surface area contributed by atoms with E-state index in [2.05, 4.69) is 21.6 Å². The highest BCUT2D eigenvalue weighted by Crippen LogP contribution is 2.30. The Morgan fingerprint density at radius 2 is 1.77 bits per heavy atom. The summed E-state index contributed by atoms with van der Waals surface area (Å²) in [5, 5.41) is 21.0. The van der Waals surface area contributed by atoms with E-state index in [0.29, 0.717) is 16.5 Å². The summed E-state index contributed by atoms with van der Waals surface area (Å²) in [4.78, 5) is 12.8. The van der Waals surface area contributed by atoms with Crippen LogP contribution in [0.25, 0.3) is 17.1 Å². The number of rotatable bonds is 7. The van der Waals surface area contributed by atoms with E-state index in [9.17, 15) is 14.4 Å². The van der Waals surface area contributed by atoms with E-state index in [-0.39, 0.29) is 17.6 Å². The van der Waals surface area contributed by atoms with E-state index in [1.807, 2.05) is 48.7 Å². The minimum atomic E-state index is -0.960. The van der Waals surface area contributed by atoms with E-state index in [0.717, 1.165) is 5.69 Å². The molecule has 0 saturated carbocycles. The lowest BCUT2D eigenvalue weighted by atomic mass is 9.90. The molecule has 3 aromatic rings. The topological polar surface area (TPSA) is 83.6 Å². The number of carbonyl (C=O) groups is 1. The van der Waals surface area contributed by atoms with Gasteiger partial charge >= 0.3 is 0 Å². The summed E-state index contributed by atoms with van der Waals surface area (Å²) in [6.07, 6.45) is 0. The van der Waals surface area contributed by atoms with Crippen LogP contribution in [0.4, 0.5) is 4.39 Å². The van der Waals surface area contributed by atoms with Gasteiger partial charge in [0, 0.05) is 11.3 Å². The molecule has 160 valence electrons. The van der Waals surface area contributed by atoms with Crippen molar-refractivity contribution in [3.05, 3.63) is 60.4 Å². The molecule has 1 heterocycles. The maximum absolute atomic E-state index is 13.4. The number of aromatic nitrogens is 3. The van der Waals surface area contributed by atoms with Crippen molar-refractivity contribution in [3.63, 3.8) is 0 Å². The molecule has 0 bridgehead atoms. The van der Waals surface area contributed by atoms with E-state index in [1.54, 1.807) is 26.0 Å². The molecule has 0 aliphatic rings. The summed E-state index contributed by atoms with van der Waals surface area (Å²) in [6.45, 7) is 7.26. The van der Waals surface area contributed by atoms with Gasteiger partial charge in [0.05, 0.1) is 11.3 Å². The Balaban J connectivity index is 1.94. The standard InChI is InChI=1S/C23H24FN5OS/c1-15(2)23(4,14-25)26-21(30)16(3)31-22-28-27-20(17-10-12-18(24)13-11-17)29(22)19-8-6-5-7-9-19/h5-13,15-16H,1-4H3,(H,26,30). The monoisotopic (exact) mass is 437 g/mol. The molecule has 8 heteroatoms. The SMILES string of the molecule is CC(Sc1nnc(-c2ccc(F)cc2)n1-c1ccccc1)C(=O)NC(C)(C#N)C(C)C. The van der Waals surface area contributed by atoms with Gasteiger partial charge in [0.25, 0.3) is 0 Å². The van der Waals surface area contributed by atoms with Crippen molar-refractivity contribution in [2.45, 2.75) is 43.6 Å². The number of hydrogen-bond donors (Lipinski definition) is 1. The van der Waals surface area contributed by atoms with Gasteiger partial charge in [-0.05, 0) is 56.2 Å². The van der Waals surface area contributed by atoms with Crippen LogP contribution < -0.4 is 5.32 Å². The van der Waals surface area contributed by atoms with Gasteiger partial charge in [0.15, 0.2) is 11.0 Å². The highest BCUT2D eigenvalue weighted by molar-refractivity contribution is 8.00. The van der Waals surface area contributed by atoms with E-state index in [1.165, 1.54) is 23.9 Å². The number of halogens is 1. The van der Waals surface area contributed by atoms with Crippen LogP contribution in [0.2, 0.25) is 0 Å². The average molecular weight is 438 g/mol. The zero-order valence-corrected chi connectivity index (χ0v) is 18.7. The largest absolute Gasteiger partial charge is 0.337 e. The number of amides is 1. The third-order valence-electron chi connectivity index (χ3n) is 5.17. The number of nitrogens with one attached hydrogen (secondary N) is 1. The number of para-hydroxylation sites is 1. The van der Waals surface area contributed by atoms with E-state index in [4.69, 9.17) is 0 Å². The predicted molar refractivity (Wildman–Crippen MR) is 119 cm³/mol. The van der Waals surface area contributed by atoms with Gasteiger partial charge in [-0.3, -0.25) is 9.36 Å². The molecule has 0 fully saturated rings. The average Bonchev–Trinajstić information content (AvgIpc) is 3.17. The minimum Gasteiger partial charge on any atom is -0.337 e. The van der Waals surface area contributed by atoms with Crippen LogP contribution in [0.15, 0.2) is 59.8 Å². The normalized spacial score (nSPS) is 14.0. The summed E-state index contributed by atoms with van der Waals surface area (Å²) in [5.74, 6) is -0.0872. The molecule has 31 heavy (non-hydrogen) atoms. The Morgan fingerprint density at radius 1 is 1.13 bits per heavy atom. The first-order valence-corrected chi connectivity index (χ1v) is 10.8. The van der Waals surface area contributed by atoms with Crippen LogP contribution in [0, 0.1) is 23.1 Å². The summed E-state index contributed by atoms with van der Waals surface area (Å²) >= 11 is 1.25. The molecule has 1 amide bonds. The Morgan fingerprint density at radius 3 is 2.35 bits per heavy atom. The Hall–Kier alpha value is -3.18. The lowest BCUT2D eigenvalue weighted by Gasteiger charge is -2.28. The molecule has 3 rings (SSSR count). The van der Waals surface area contributed by atoms with Gasteiger partial charge in [-0.15, -0.1) is 10.2 Å². The number of nitrogens with zero attached hydrogens (tertiary/aromatic N) is 4. The van der Waals surface area contributed by atoms with Crippen LogP contribution in [0.5, 0.6) is 0 Å². The second-order valence-corrected chi connectivity index (χ2v) is 9.01. The third kappa shape index (κ3) is 4.94. The Bertz CT molecular complexity index is 1090. The van der Waals surface area contributed by atoms with Crippen molar-refractivity contribution in [1.29, 1.82) is 5.26 Å². The molecule has 2 atom stereocenters. The van der Waals surface area contributed by atoms with E-state index < -0.39 is 10.8 Å². The maximum Gasteiger partial charge on any atom is 0.234 e. The van der Waals surface area contributed by atoms with Crippen molar-refractivity contribution in [2.24, 2.45) is 5.92 Å². The maximum atomic E-state index is 13.4. The molecular weight excluding hydrogens is 413 g/mol. The Kier molecular flexibility index (Phi) is 6.76. The molecule has 0 saturated heterocycles. The van der Waals surface area contributed by atoms with E-state index >= 15 is 0 Å². The smallest absolute Gasteiger partial charge is 0.234 e. The highest BCUT2D eigenvalue weighted by Gasteiger charge is 2.32. The molecule has 0 radical (unpaired) electrons. The molecule has 0 spiro atoms. The van der Waals surface area contributed by atoms with Crippen molar-refractivity contribution in [1.82, 2.24) is 20.1 Å². The van der Waals surface area contributed by atoms with Crippen molar-refractivity contribution in [3.8, 4) is 23.1 Å². The fourth-order valence-corrected chi connectivity index (χ4v) is 3.68. The molecular formula is C23H24FN5OS. The quantitative estimate of drug-likeness (QED) is 0.546. The van der Waals surface area contributed by atoms with Crippen LogP contribution in [0.1, 0.15) is 27.7 Å². The molecule has 0 aliphatic heterocycles. The second kappa shape index (κ2) is 9.31. The molecule has 6 nitrogen and oxygen atoms in total. The number of nitriles is 1. The molecule has 0 aliphatic carbocycles. The molecule has 2 unspecified atom stereocenters. The summed E-state index contributed by atoms with van der Waals surface area (Å²) < 4.78 is 15.2. The number of hydrogen-bond acceptors (Lipinski definition) is 5. The first-order chi connectivity index (χ1) is 14.7. The van der Waals surface area contributed by atoms with Gasteiger partial charge in [-0.25, -0.2) is 4.39 Å². The van der Waals surface area contributed by atoms with Crippen LogP contribution in [0.3, 0.4) is 0 Å². The lowest BCUT2D eigenvalue weighted by molar-refractivity contribution is -0.121. The summed E-state index contributed by atoms with van der Waals surface area (Å²) in [6, 6.07) is 17.7. The van der Waals surface area contributed by atoms with Crippen LogP contribution in [-0.4, -0.2) is 31.5 Å². The van der Waals surface area contributed by atoms with Crippen LogP contribution in [-0.2, 0) is 4.79 Å². The highest BCUT2D eigenvalue weighted by atomic mass is 32.2. The van der Waals surface area contributed by atoms with Gasteiger partial charge in [0.2, 0.25) is 5.91 Å². The van der Waals surface area contributed by atoms with Crippen molar-refractivity contribution >= 4 is 17.7 Å². The lowest BCUT2D eigenvalue weighted by Crippen LogP contribution is -2.51. The summed E-state index contributed by atoms with van der Waals surface area (Å²) in [5.41, 5.74) is 0.572. The molecule has 1 aromatic heterocycles. The summed E-state index contributed by atoms with van der Waals surface area (Å²) in [7, 11) is 0. The first-order valence-electron chi connectivity index (χ1n) is 9.92. The third-order valence-corrected chi connectivity index (χ3v) is 6.21. The van der Waals surface area contributed by atoms with Gasteiger partial charge < -0.3 is 5.32 Å². The number of carbonyl (C=O) groups excluding carboxylic acids is 1. The first kappa shape index (κ1) is 22.5.